The monoisotopic (exact) mass is 543 g/mol. The number of ether oxygens (including phenoxy) is 1. The van der Waals surface area contributed by atoms with Gasteiger partial charge in [-0.1, -0.05) is 42.1 Å². The highest BCUT2D eigenvalue weighted by atomic mass is 35.5. The number of benzene rings is 2. The molecule has 5 rings (SSSR count). The molecule has 0 unspecified atom stereocenters. The Morgan fingerprint density at radius 3 is 2.73 bits per heavy atom. The first-order chi connectivity index (χ1) is 17.7. The third-order valence-corrected chi connectivity index (χ3v) is 8.88. The summed E-state index contributed by atoms with van der Waals surface area (Å²) in [5.74, 6) is 0.608. The van der Waals surface area contributed by atoms with Crippen molar-refractivity contribution in [2.75, 3.05) is 13.1 Å². The summed E-state index contributed by atoms with van der Waals surface area (Å²) >= 11 is 12.1. The molecule has 1 aliphatic carbocycles. The van der Waals surface area contributed by atoms with Crippen molar-refractivity contribution in [2.45, 2.75) is 64.6 Å². The number of piperidine rings is 1. The lowest BCUT2D eigenvalue weighted by Gasteiger charge is -2.47. The van der Waals surface area contributed by atoms with Crippen LogP contribution in [0.3, 0.4) is 0 Å². The van der Waals surface area contributed by atoms with Crippen LogP contribution in [0.4, 0.5) is 0 Å². The van der Waals surface area contributed by atoms with Crippen molar-refractivity contribution >= 4 is 40.1 Å². The van der Waals surface area contributed by atoms with Gasteiger partial charge >= 0.3 is 5.63 Å². The number of aliphatic hydroxyl groups is 1. The number of nitrogens with zero attached hydrogens (tertiary/aromatic N) is 1. The Balaban J connectivity index is 1.34. The topological polar surface area (TPSA) is 80.0 Å². The quantitative estimate of drug-likeness (QED) is 0.399. The van der Waals surface area contributed by atoms with Crippen molar-refractivity contribution in [3.05, 3.63) is 73.1 Å². The highest BCUT2D eigenvalue weighted by molar-refractivity contribution is 6.42. The molecule has 0 spiro atoms. The van der Waals surface area contributed by atoms with Crippen LogP contribution >= 0.6 is 23.2 Å². The predicted molar refractivity (Wildman–Crippen MR) is 145 cm³/mol. The fourth-order valence-corrected chi connectivity index (χ4v) is 6.10. The molecule has 2 heterocycles. The van der Waals surface area contributed by atoms with Crippen LogP contribution in [0.5, 0.6) is 5.75 Å². The summed E-state index contributed by atoms with van der Waals surface area (Å²) in [6, 6.07) is 9.03. The lowest BCUT2D eigenvalue weighted by atomic mass is 9.71. The summed E-state index contributed by atoms with van der Waals surface area (Å²) in [5, 5.41) is 12.7. The Hall–Kier alpha value is -2.54. The molecule has 2 aromatic carbocycles. The van der Waals surface area contributed by atoms with E-state index in [2.05, 4.69) is 0 Å². The van der Waals surface area contributed by atoms with Gasteiger partial charge in [-0.3, -0.25) is 4.79 Å². The third-order valence-electron chi connectivity index (χ3n) is 8.14. The highest BCUT2D eigenvalue weighted by Gasteiger charge is 2.43. The molecule has 2 fully saturated rings. The largest absolute Gasteiger partial charge is 0.488 e. The van der Waals surface area contributed by atoms with Gasteiger partial charge in [0.1, 0.15) is 17.9 Å². The second kappa shape index (κ2) is 10.3. The predicted octanol–water partition coefficient (Wildman–Crippen LogP) is 5.99. The molecule has 2 atom stereocenters. The highest BCUT2D eigenvalue weighted by Crippen LogP contribution is 2.40. The van der Waals surface area contributed by atoms with E-state index in [9.17, 15) is 14.7 Å². The van der Waals surface area contributed by atoms with E-state index in [-0.39, 0.29) is 24.9 Å². The second-order valence-corrected chi connectivity index (χ2v) is 11.2. The number of hydrogen-bond donors (Lipinski definition) is 1. The van der Waals surface area contributed by atoms with Crippen LogP contribution in [0, 0.1) is 19.8 Å². The normalized spacial score (nSPS) is 21.6. The third kappa shape index (κ3) is 5.12. The molecule has 196 valence electrons. The summed E-state index contributed by atoms with van der Waals surface area (Å²) < 4.78 is 11.7. The zero-order valence-corrected chi connectivity index (χ0v) is 22.6. The number of fused-ring (bicyclic) bond motifs is 2. The van der Waals surface area contributed by atoms with Gasteiger partial charge in [0.05, 0.1) is 27.6 Å². The van der Waals surface area contributed by atoms with Gasteiger partial charge in [0, 0.05) is 30.0 Å². The zero-order chi connectivity index (χ0) is 26.3. The van der Waals surface area contributed by atoms with Crippen molar-refractivity contribution in [2.24, 2.45) is 5.92 Å². The molecule has 1 saturated carbocycles. The average Bonchev–Trinajstić information content (AvgIpc) is 2.87. The van der Waals surface area contributed by atoms with Gasteiger partial charge in [-0.05, 0) is 68.5 Å². The van der Waals surface area contributed by atoms with Gasteiger partial charge in [0.25, 0.3) is 0 Å². The molecule has 2 aliphatic rings. The Morgan fingerprint density at radius 2 is 1.95 bits per heavy atom. The molecule has 1 aliphatic heterocycles. The smallest absolute Gasteiger partial charge is 0.340 e. The fraction of sp³-hybridized carbons (Fsp3) is 0.448. The number of rotatable bonds is 5. The van der Waals surface area contributed by atoms with Gasteiger partial charge in [-0.25, -0.2) is 4.79 Å². The second-order valence-electron chi connectivity index (χ2n) is 10.4. The standard InChI is InChI=1S/C29H31Cl2NO5/c1-17-21-7-9-25(36-16-19-6-8-23(30)24(31)13-19)18(2)27(21)37-28(34)22(17)14-26(33)32-12-11-29(35)10-4-3-5-20(29)15-32/h6-9,13,20,35H,3-5,10-12,14-16H2,1-2H3/t20-,29-/m0/s1. The summed E-state index contributed by atoms with van der Waals surface area (Å²) in [6.07, 6.45) is 4.46. The van der Waals surface area contributed by atoms with Gasteiger partial charge in [-0.2, -0.15) is 0 Å². The SMILES string of the molecule is Cc1c(CC(=O)N2CC[C@@]3(O)CCCC[C@H]3C2)c(=O)oc2c(C)c(OCc3ccc(Cl)c(Cl)c3)ccc12. The van der Waals surface area contributed by atoms with Gasteiger partial charge in [0.15, 0.2) is 0 Å². The number of likely N-dealkylation sites (tertiary alicyclic amines) is 1. The molecule has 0 radical (unpaired) electrons. The van der Waals surface area contributed by atoms with E-state index in [1.807, 2.05) is 32.0 Å². The number of carbonyl (C=O) groups is 1. The van der Waals surface area contributed by atoms with Crippen LogP contribution in [-0.2, 0) is 17.8 Å². The first kappa shape index (κ1) is 26.1. The molecule has 1 N–H and O–H groups in total. The number of amides is 1. The van der Waals surface area contributed by atoms with E-state index in [4.69, 9.17) is 32.4 Å². The lowest BCUT2D eigenvalue weighted by Crippen LogP contribution is -2.55. The van der Waals surface area contributed by atoms with Crippen molar-refractivity contribution in [1.82, 2.24) is 4.90 Å². The molecule has 0 bridgehead atoms. The molecule has 37 heavy (non-hydrogen) atoms. The lowest BCUT2D eigenvalue weighted by molar-refractivity contribution is -0.142. The van der Waals surface area contributed by atoms with E-state index < -0.39 is 11.2 Å². The average molecular weight is 544 g/mol. The summed E-state index contributed by atoms with van der Waals surface area (Å²) in [7, 11) is 0. The van der Waals surface area contributed by atoms with Gasteiger partial charge < -0.3 is 19.2 Å². The van der Waals surface area contributed by atoms with E-state index in [1.54, 1.807) is 17.0 Å². The van der Waals surface area contributed by atoms with E-state index in [1.165, 1.54) is 0 Å². The Labute approximate surface area is 226 Å². The minimum atomic E-state index is -0.649. The van der Waals surface area contributed by atoms with E-state index in [0.29, 0.717) is 52.0 Å². The first-order valence-corrected chi connectivity index (χ1v) is 13.5. The van der Waals surface area contributed by atoms with Crippen LogP contribution < -0.4 is 10.4 Å². The molecule has 6 nitrogen and oxygen atoms in total. The molecule has 8 heteroatoms. The zero-order valence-electron chi connectivity index (χ0n) is 21.1. The summed E-state index contributed by atoms with van der Waals surface area (Å²) in [4.78, 5) is 28.0. The van der Waals surface area contributed by atoms with Crippen LogP contribution in [0.15, 0.2) is 39.5 Å². The minimum absolute atomic E-state index is 0.0100. The molecule has 1 aromatic heterocycles. The number of hydrogen-bond acceptors (Lipinski definition) is 5. The van der Waals surface area contributed by atoms with Gasteiger partial charge in [-0.15, -0.1) is 0 Å². The molecular formula is C29H31Cl2NO5. The number of aryl methyl sites for hydroxylation is 2. The van der Waals surface area contributed by atoms with Crippen molar-refractivity contribution < 1.29 is 19.1 Å². The maximum Gasteiger partial charge on any atom is 0.340 e. The number of halogens is 2. The van der Waals surface area contributed by atoms with Crippen LogP contribution in [0.25, 0.3) is 11.0 Å². The molecule has 3 aromatic rings. The number of carbonyl (C=O) groups excluding carboxylic acids is 1. The Kier molecular flexibility index (Phi) is 7.27. The molecule has 1 amide bonds. The van der Waals surface area contributed by atoms with Gasteiger partial charge in [0.2, 0.25) is 5.91 Å². The summed E-state index contributed by atoms with van der Waals surface area (Å²) in [6.45, 7) is 5.05. The minimum Gasteiger partial charge on any atom is -0.488 e. The Bertz CT molecular complexity index is 1420. The van der Waals surface area contributed by atoms with Crippen molar-refractivity contribution in [3.8, 4) is 5.75 Å². The molecular weight excluding hydrogens is 513 g/mol. The van der Waals surface area contributed by atoms with E-state index in [0.717, 1.165) is 42.2 Å². The van der Waals surface area contributed by atoms with Crippen LogP contribution in [0.2, 0.25) is 10.0 Å². The van der Waals surface area contributed by atoms with E-state index >= 15 is 0 Å². The van der Waals surface area contributed by atoms with Crippen LogP contribution in [-0.4, -0.2) is 34.6 Å². The maximum atomic E-state index is 13.2. The maximum absolute atomic E-state index is 13.2. The first-order valence-electron chi connectivity index (χ1n) is 12.8. The summed E-state index contributed by atoms with van der Waals surface area (Å²) in [5.41, 5.74) is 2.00. The fourth-order valence-electron chi connectivity index (χ4n) is 5.78. The van der Waals surface area contributed by atoms with Crippen molar-refractivity contribution in [3.63, 3.8) is 0 Å². The Morgan fingerprint density at radius 1 is 1.14 bits per heavy atom. The molecule has 1 saturated heterocycles. The van der Waals surface area contributed by atoms with Crippen molar-refractivity contribution in [1.29, 1.82) is 0 Å². The van der Waals surface area contributed by atoms with Crippen LogP contribution in [0.1, 0.15) is 54.4 Å².